The van der Waals surface area contributed by atoms with Crippen LogP contribution >= 0.6 is 35.2 Å². The van der Waals surface area contributed by atoms with Crippen molar-refractivity contribution in [2.75, 3.05) is 13.1 Å². The van der Waals surface area contributed by atoms with Crippen LogP contribution in [0.3, 0.4) is 0 Å². The lowest BCUT2D eigenvalue weighted by atomic mass is 9.97. The maximum absolute atomic E-state index is 13.1. The van der Waals surface area contributed by atoms with Crippen LogP contribution in [0.4, 0.5) is 0 Å². The van der Waals surface area contributed by atoms with Gasteiger partial charge in [0.25, 0.3) is 0 Å². The molecule has 0 saturated carbocycles. The number of thiazole rings is 1. The molecule has 5 rings (SSSR count). The van der Waals surface area contributed by atoms with Crippen molar-refractivity contribution in [3.63, 3.8) is 0 Å². The first-order valence-electron chi connectivity index (χ1n) is 10.5. The van der Waals surface area contributed by atoms with Crippen LogP contribution in [0.25, 0.3) is 21.6 Å². The highest BCUT2D eigenvalue weighted by Crippen LogP contribution is 2.34. The quantitative estimate of drug-likeness (QED) is 0.384. The average molecular weight is 484 g/mol. The number of nitrogens with one attached hydrogen (secondary N) is 1. The van der Waals surface area contributed by atoms with E-state index in [4.69, 9.17) is 28.8 Å². The number of hydrogen-bond donors (Lipinski definition) is 1. The second-order valence-electron chi connectivity index (χ2n) is 8.12. The number of amides is 1. The number of carbonyl (C=O) groups is 1. The summed E-state index contributed by atoms with van der Waals surface area (Å²) in [6.45, 7) is 3.65. The molecule has 0 radical (unpaired) electrons. The van der Waals surface area contributed by atoms with Gasteiger partial charge in [-0.15, -0.1) is 11.3 Å². The van der Waals surface area contributed by atoms with E-state index in [2.05, 4.69) is 10.2 Å². The molecular formula is C23H22ClN5OS2. The van der Waals surface area contributed by atoms with E-state index in [-0.39, 0.29) is 12.5 Å². The van der Waals surface area contributed by atoms with E-state index in [1.807, 2.05) is 54.3 Å². The smallest absolute Gasteiger partial charge is 0.242 e. The minimum atomic E-state index is 0.0605. The number of benzene rings is 2. The lowest BCUT2D eigenvalue weighted by Gasteiger charge is -2.31. The molecule has 6 nitrogen and oxygen atoms in total. The van der Waals surface area contributed by atoms with Gasteiger partial charge >= 0.3 is 0 Å². The minimum Gasteiger partial charge on any atom is -0.341 e. The van der Waals surface area contributed by atoms with Crippen LogP contribution in [-0.4, -0.2) is 43.6 Å². The SMILES string of the molecule is Cc1ccc(-c2n[nH]c(=S)n2CC(=O)N2CCC(c3nc4cc(Cl)ccc4s3)CC2)cc1. The highest BCUT2D eigenvalue weighted by Gasteiger charge is 2.26. The summed E-state index contributed by atoms with van der Waals surface area (Å²) in [5.41, 5.74) is 3.06. The topological polar surface area (TPSA) is 66.8 Å². The minimum absolute atomic E-state index is 0.0605. The largest absolute Gasteiger partial charge is 0.341 e. The summed E-state index contributed by atoms with van der Waals surface area (Å²) < 4.78 is 3.39. The van der Waals surface area contributed by atoms with E-state index in [1.165, 1.54) is 5.56 Å². The van der Waals surface area contributed by atoms with Crippen LogP contribution in [-0.2, 0) is 11.3 Å². The molecule has 0 aliphatic carbocycles. The second-order valence-corrected chi connectivity index (χ2v) is 10.0. The van der Waals surface area contributed by atoms with E-state index in [1.54, 1.807) is 15.9 Å². The Morgan fingerprint density at radius 3 is 2.72 bits per heavy atom. The van der Waals surface area contributed by atoms with E-state index < -0.39 is 0 Å². The molecule has 1 aliphatic rings. The molecule has 0 unspecified atom stereocenters. The van der Waals surface area contributed by atoms with Crippen molar-refractivity contribution in [1.29, 1.82) is 0 Å². The van der Waals surface area contributed by atoms with Gasteiger partial charge in [0.15, 0.2) is 10.6 Å². The van der Waals surface area contributed by atoms with Gasteiger partial charge in [0, 0.05) is 29.6 Å². The predicted octanol–water partition coefficient (Wildman–Crippen LogP) is 5.59. The molecule has 0 atom stereocenters. The Kier molecular flexibility index (Phi) is 5.84. The summed E-state index contributed by atoms with van der Waals surface area (Å²) in [4.78, 5) is 19.8. The average Bonchev–Trinajstić information content (AvgIpc) is 3.38. The Bertz CT molecular complexity index is 1330. The molecule has 1 N–H and O–H groups in total. The van der Waals surface area contributed by atoms with Crippen LogP contribution in [0.1, 0.15) is 29.3 Å². The van der Waals surface area contributed by atoms with Gasteiger partial charge in [-0.3, -0.25) is 14.5 Å². The third-order valence-electron chi connectivity index (χ3n) is 5.92. The molecule has 1 saturated heterocycles. The molecule has 0 bridgehead atoms. The van der Waals surface area contributed by atoms with Crippen molar-refractivity contribution in [2.45, 2.75) is 32.2 Å². The fourth-order valence-electron chi connectivity index (χ4n) is 4.09. The zero-order valence-corrected chi connectivity index (χ0v) is 19.9. The molecule has 1 amide bonds. The van der Waals surface area contributed by atoms with Gasteiger partial charge in [0.2, 0.25) is 5.91 Å². The van der Waals surface area contributed by atoms with Crippen LogP contribution in [0.2, 0.25) is 5.02 Å². The molecule has 164 valence electrons. The molecule has 0 spiro atoms. The number of hydrogen-bond acceptors (Lipinski definition) is 5. The van der Waals surface area contributed by atoms with Gasteiger partial charge < -0.3 is 4.90 Å². The summed E-state index contributed by atoms with van der Waals surface area (Å²) >= 11 is 13.2. The summed E-state index contributed by atoms with van der Waals surface area (Å²) in [7, 11) is 0. The lowest BCUT2D eigenvalue weighted by Crippen LogP contribution is -2.39. The van der Waals surface area contributed by atoms with E-state index in [9.17, 15) is 4.79 Å². The molecule has 9 heteroatoms. The van der Waals surface area contributed by atoms with Crippen molar-refractivity contribution >= 4 is 51.3 Å². The molecule has 1 aliphatic heterocycles. The summed E-state index contributed by atoms with van der Waals surface area (Å²) in [6.07, 6.45) is 1.81. The fourth-order valence-corrected chi connectivity index (χ4v) is 5.57. The molecule has 1 fully saturated rings. The van der Waals surface area contributed by atoms with E-state index in [0.29, 0.717) is 34.6 Å². The number of carbonyl (C=O) groups excluding carboxylic acids is 1. The van der Waals surface area contributed by atoms with E-state index in [0.717, 1.165) is 33.6 Å². The first kappa shape index (κ1) is 21.3. The number of aryl methyl sites for hydroxylation is 1. The summed E-state index contributed by atoms with van der Waals surface area (Å²) in [6, 6.07) is 13.9. The maximum Gasteiger partial charge on any atom is 0.242 e. The third-order valence-corrected chi connectivity index (χ3v) is 7.67. The Labute approximate surface area is 199 Å². The standard InChI is InChI=1S/C23H22ClN5OS2/c1-14-2-4-15(5-3-14)21-26-27-23(31)29(21)13-20(30)28-10-8-16(9-11-28)22-25-18-12-17(24)6-7-19(18)32-22/h2-7,12,16H,8-11,13H2,1H3,(H,27,31). The summed E-state index contributed by atoms with van der Waals surface area (Å²) in [5.74, 6) is 1.12. The highest BCUT2D eigenvalue weighted by molar-refractivity contribution is 7.71. The van der Waals surface area contributed by atoms with Crippen molar-refractivity contribution in [3.8, 4) is 11.4 Å². The van der Waals surface area contributed by atoms with Crippen molar-refractivity contribution in [3.05, 3.63) is 62.8 Å². The number of aromatic amines is 1. The van der Waals surface area contributed by atoms with Crippen LogP contribution in [0.5, 0.6) is 0 Å². The first-order valence-corrected chi connectivity index (χ1v) is 12.1. The Hall–Kier alpha value is -2.55. The Morgan fingerprint density at radius 2 is 1.97 bits per heavy atom. The van der Waals surface area contributed by atoms with Gasteiger partial charge in [-0.05, 0) is 50.2 Å². The monoisotopic (exact) mass is 483 g/mol. The van der Waals surface area contributed by atoms with Gasteiger partial charge in [0.1, 0.15) is 6.54 Å². The molecule has 2 aromatic heterocycles. The number of H-pyrrole nitrogens is 1. The molecule has 32 heavy (non-hydrogen) atoms. The first-order chi connectivity index (χ1) is 15.5. The zero-order chi connectivity index (χ0) is 22.2. The number of nitrogens with zero attached hydrogens (tertiary/aromatic N) is 4. The number of likely N-dealkylation sites (tertiary alicyclic amines) is 1. The van der Waals surface area contributed by atoms with Crippen LogP contribution in [0.15, 0.2) is 42.5 Å². The molecule has 4 aromatic rings. The number of aromatic nitrogens is 4. The van der Waals surface area contributed by atoms with Gasteiger partial charge in [-0.2, -0.15) is 5.10 Å². The summed E-state index contributed by atoms with van der Waals surface area (Å²) in [5, 5.41) is 9.02. The van der Waals surface area contributed by atoms with Gasteiger partial charge in [-0.25, -0.2) is 4.98 Å². The fraction of sp³-hybridized carbons (Fsp3) is 0.304. The predicted molar refractivity (Wildman–Crippen MR) is 131 cm³/mol. The number of rotatable bonds is 4. The van der Waals surface area contributed by atoms with Gasteiger partial charge in [0.05, 0.1) is 15.2 Å². The number of fused-ring (bicyclic) bond motifs is 1. The van der Waals surface area contributed by atoms with Crippen LogP contribution < -0.4 is 0 Å². The Balaban J connectivity index is 1.26. The van der Waals surface area contributed by atoms with Gasteiger partial charge in [-0.1, -0.05) is 41.4 Å². The normalized spacial score (nSPS) is 14.9. The Morgan fingerprint density at radius 1 is 1.22 bits per heavy atom. The molecule has 3 heterocycles. The second kappa shape index (κ2) is 8.77. The van der Waals surface area contributed by atoms with Crippen molar-refractivity contribution in [2.24, 2.45) is 0 Å². The third kappa shape index (κ3) is 4.22. The number of halogens is 1. The number of piperidine rings is 1. The van der Waals surface area contributed by atoms with Crippen molar-refractivity contribution in [1.82, 2.24) is 24.6 Å². The zero-order valence-electron chi connectivity index (χ0n) is 17.5. The maximum atomic E-state index is 13.1. The molecular weight excluding hydrogens is 462 g/mol. The van der Waals surface area contributed by atoms with Crippen molar-refractivity contribution < 1.29 is 4.79 Å². The van der Waals surface area contributed by atoms with E-state index >= 15 is 0 Å². The highest BCUT2D eigenvalue weighted by atomic mass is 35.5. The molecule has 2 aromatic carbocycles. The van der Waals surface area contributed by atoms with Crippen LogP contribution in [0, 0.1) is 11.7 Å². The lowest BCUT2D eigenvalue weighted by molar-refractivity contribution is -0.132.